The van der Waals surface area contributed by atoms with Crippen LogP contribution in [0.1, 0.15) is 25.2 Å². The summed E-state index contributed by atoms with van der Waals surface area (Å²) in [6.45, 7) is 2.49. The van der Waals surface area contributed by atoms with E-state index < -0.39 is 0 Å². The number of nitrogens with zero attached hydrogens (tertiary/aromatic N) is 3. The van der Waals surface area contributed by atoms with E-state index in [1.807, 2.05) is 0 Å². The summed E-state index contributed by atoms with van der Waals surface area (Å²) >= 11 is 7.07. The molecule has 0 radical (unpaired) electrons. The van der Waals surface area contributed by atoms with Crippen LogP contribution in [0.5, 0.6) is 5.75 Å². The highest BCUT2D eigenvalue weighted by molar-refractivity contribution is 7.13. The van der Waals surface area contributed by atoms with Gasteiger partial charge in [0, 0.05) is 29.4 Å². The van der Waals surface area contributed by atoms with E-state index in [1.54, 1.807) is 53.4 Å². The summed E-state index contributed by atoms with van der Waals surface area (Å²) in [6.07, 6.45) is 0. The molecule has 4 rings (SSSR count). The van der Waals surface area contributed by atoms with Crippen LogP contribution in [0.25, 0.3) is 0 Å². The molecule has 2 aromatic carbocycles. The molecule has 2 amide bonds. The summed E-state index contributed by atoms with van der Waals surface area (Å²) in [6, 6.07) is 13.8. The summed E-state index contributed by atoms with van der Waals surface area (Å²) in [5.41, 5.74) is 1.18. The van der Waals surface area contributed by atoms with Crippen LogP contribution in [0, 0.1) is 0 Å². The van der Waals surface area contributed by atoms with E-state index >= 15 is 0 Å². The molecule has 2 heterocycles. The Labute approximate surface area is 187 Å². The van der Waals surface area contributed by atoms with Crippen LogP contribution in [0.2, 0.25) is 5.02 Å². The first-order valence-corrected chi connectivity index (χ1v) is 10.8. The van der Waals surface area contributed by atoms with E-state index in [9.17, 15) is 9.59 Å². The lowest BCUT2D eigenvalue weighted by atomic mass is 10.2. The number of hydrogen-bond donors (Lipinski definition) is 1. The average molecular weight is 459 g/mol. The molecule has 160 valence electrons. The normalized spacial score (nSPS) is 13.6. The van der Waals surface area contributed by atoms with E-state index in [-0.39, 0.29) is 23.4 Å². The van der Waals surface area contributed by atoms with Crippen LogP contribution in [0.15, 0.2) is 48.5 Å². The van der Waals surface area contributed by atoms with E-state index in [2.05, 4.69) is 15.5 Å². The maximum Gasteiger partial charge on any atom is 0.286 e. The smallest absolute Gasteiger partial charge is 0.286 e. The van der Waals surface area contributed by atoms with Gasteiger partial charge in [0.05, 0.1) is 13.2 Å². The summed E-state index contributed by atoms with van der Waals surface area (Å²) in [4.78, 5) is 26.6. The van der Waals surface area contributed by atoms with Gasteiger partial charge in [0.1, 0.15) is 12.4 Å². The average Bonchev–Trinajstić information content (AvgIpc) is 3.27. The highest BCUT2D eigenvalue weighted by Gasteiger charge is 2.18. The molecule has 31 heavy (non-hydrogen) atoms. The Balaban J connectivity index is 1.31. The molecule has 0 unspecified atom stereocenters. The van der Waals surface area contributed by atoms with E-state index in [0.29, 0.717) is 53.3 Å². The van der Waals surface area contributed by atoms with Crippen LogP contribution >= 0.6 is 22.9 Å². The van der Waals surface area contributed by atoms with Crippen molar-refractivity contribution in [1.82, 2.24) is 15.1 Å². The molecule has 1 N–H and O–H groups in total. The molecule has 0 saturated carbocycles. The molecular weight excluding hydrogens is 440 g/mol. The Morgan fingerprint density at radius 3 is 2.65 bits per heavy atom. The highest BCUT2D eigenvalue weighted by atomic mass is 35.5. The van der Waals surface area contributed by atoms with Crippen LogP contribution in [-0.4, -0.2) is 53.2 Å². The summed E-state index contributed by atoms with van der Waals surface area (Å²) in [5.74, 6) is 0.213. The lowest BCUT2D eigenvalue weighted by Crippen LogP contribution is -2.40. The van der Waals surface area contributed by atoms with Gasteiger partial charge in [-0.2, -0.15) is 0 Å². The first-order valence-electron chi connectivity index (χ1n) is 9.58. The van der Waals surface area contributed by atoms with Crippen molar-refractivity contribution >= 4 is 40.4 Å². The minimum atomic E-state index is -0.364. The molecule has 10 heteroatoms. The number of carbonyl (C=O) groups excluding carboxylic acids is 2. The molecule has 1 aliphatic rings. The zero-order valence-corrected chi connectivity index (χ0v) is 18.0. The van der Waals surface area contributed by atoms with Crippen molar-refractivity contribution in [3.8, 4) is 5.75 Å². The molecule has 3 aromatic rings. The third kappa shape index (κ3) is 5.57. The number of anilines is 1. The molecule has 0 aliphatic carbocycles. The van der Waals surface area contributed by atoms with Gasteiger partial charge in [-0.25, -0.2) is 0 Å². The number of hydrogen-bond acceptors (Lipinski definition) is 7. The topological polar surface area (TPSA) is 93.7 Å². The molecule has 1 fully saturated rings. The number of halogens is 1. The molecule has 1 aromatic heterocycles. The molecule has 0 bridgehead atoms. The Morgan fingerprint density at radius 2 is 1.90 bits per heavy atom. The summed E-state index contributed by atoms with van der Waals surface area (Å²) in [5, 5.41) is 12.0. The number of ether oxygens (including phenoxy) is 2. The second kappa shape index (κ2) is 9.86. The summed E-state index contributed by atoms with van der Waals surface area (Å²) < 4.78 is 11.0. The zero-order valence-electron chi connectivity index (χ0n) is 16.4. The van der Waals surface area contributed by atoms with Crippen molar-refractivity contribution in [1.29, 1.82) is 0 Å². The maximum atomic E-state index is 12.5. The van der Waals surface area contributed by atoms with Crippen LogP contribution in [-0.2, 0) is 11.3 Å². The first-order chi connectivity index (χ1) is 15.1. The predicted molar refractivity (Wildman–Crippen MR) is 117 cm³/mol. The number of benzene rings is 2. The fourth-order valence-corrected chi connectivity index (χ4v) is 3.78. The largest absolute Gasteiger partial charge is 0.486 e. The molecule has 0 atom stereocenters. The maximum absolute atomic E-state index is 12.5. The van der Waals surface area contributed by atoms with Gasteiger partial charge < -0.3 is 19.7 Å². The van der Waals surface area contributed by atoms with Crippen molar-refractivity contribution in [3.63, 3.8) is 0 Å². The highest BCUT2D eigenvalue weighted by Crippen LogP contribution is 2.19. The Bertz CT molecular complexity index is 1070. The number of carbonyl (C=O) groups is 2. The van der Waals surface area contributed by atoms with Gasteiger partial charge in [-0.05, 0) is 42.5 Å². The van der Waals surface area contributed by atoms with E-state index in [4.69, 9.17) is 21.1 Å². The Hall–Kier alpha value is -3.01. The van der Waals surface area contributed by atoms with E-state index in [0.717, 1.165) is 11.3 Å². The fourth-order valence-electron chi connectivity index (χ4n) is 2.94. The fraction of sp³-hybridized carbons (Fsp3) is 0.238. The third-order valence-corrected chi connectivity index (χ3v) is 5.64. The van der Waals surface area contributed by atoms with Gasteiger partial charge in [-0.1, -0.05) is 29.0 Å². The summed E-state index contributed by atoms with van der Waals surface area (Å²) in [7, 11) is 0. The van der Waals surface area contributed by atoms with Crippen LogP contribution in [0.4, 0.5) is 5.69 Å². The van der Waals surface area contributed by atoms with Gasteiger partial charge in [0.25, 0.3) is 11.8 Å². The number of amides is 2. The SMILES string of the molecule is O=C(Nc1cccc(Cl)c1)c1nnc(COc2ccc(C(=O)N3CCOCC3)cc2)s1. The van der Waals surface area contributed by atoms with Crippen molar-refractivity contribution in [2.24, 2.45) is 0 Å². The van der Waals surface area contributed by atoms with Crippen molar-refractivity contribution < 1.29 is 19.1 Å². The first kappa shape index (κ1) is 21.2. The Morgan fingerprint density at radius 1 is 1.13 bits per heavy atom. The zero-order chi connectivity index (χ0) is 21.6. The standard InChI is InChI=1S/C21H19ClN4O4S/c22-15-2-1-3-16(12-15)23-19(27)20-25-24-18(31-20)13-30-17-6-4-14(5-7-17)21(28)26-8-10-29-11-9-26/h1-7,12H,8-11,13H2,(H,23,27). The molecule has 0 spiro atoms. The quantitative estimate of drug-likeness (QED) is 0.607. The van der Waals surface area contributed by atoms with Crippen LogP contribution < -0.4 is 10.1 Å². The molecule has 1 saturated heterocycles. The van der Waals surface area contributed by atoms with Crippen molar-refractivity contribution in [2.75, 3.05) is 31.6 Å². The van der Waals surface area contributed by atoms with E-state index in [1.165, 1.54) is 0 Å². The van der Waals surface area contributed by atoms with Crippen LogP contribution in [0.3, 0.4) is 0 Å². The lowest BCUT2D eigenvalue weighted by molar-refractivity contribution is 0.0303. The number of nitrogens with one attached hydrogen (secondary N) is 1. The van der Waals surface area contributed by atoms with Crippen molar-refractivity contribution in [3.05, 3.63) is 69.1 Å². The molecule has 1 aliphatic heterocycles. The van der Waals surface area contributed by atoms with Gasteiger partial charge in [0.15, 0.2) is 5.01 Å². The molecule has 8 nitrogen and oxygen atoms in total. The second-order valence-corrected chi connectivity index (χ2v) is 8.18. The third-order valence-electron chi connectivity index (χ3n) is 4.51. The molecular formula is C21H19ClN4O4S. The predicted octanol–water partition coefficient (Wildman–Crippen LogP) is 3.50. The minimum Gasteiger partial charge on any atom is -0.486 e. The van der Waals surface area contributed by atoms with Gasteiger partial charge in [-0.15, -0.1) is 10.2 Å². The van der Waals surface area contributed by atoms with Gasteiger partial charge in [0.2, 0.25) is 5.01 Å². The van der Waals surface area contributed by atoms with Gasteiger partial charge in [-0.3, -0.25) is 9.59 Å². The lowest BCUT2D eigenvalue weighted by Gasteiger charge is -2.26. The number of morpholine rings is 1. The Kier molecular flexibility index (Phi) is 6.76. The number of rotatable bonds is 6. The second-order valence-electron chi connectivity index (χ2n) is 6.68. The van der Waals surface area contributed by atoms with Crippen molar-refractivity contribution in [2.45, 2.75) is 6.61 Å². The minimum absolute atomic E-state index is 0.0191. The van der Waals surface area contributed by atoms with Gasteiger partial charge >= 0.3 is 0 Å². The monoisotopic (exact) mass is 458 g/mol. The number of aromatic nitrogens is 2.